The Bertz CT molecular complexity index is 3750. The second-order valence-corrected chi connectivity index (χ2v) is 16.5. The summed E-state index contributed by atoms with van der Waals surface area (Å²) in [5.74, 6) is 0. The Balaban J connectivity index is 1.09. The highest BCUT2D eigenvalue weighted by atomic mass is 14.8. The maximum absolute atomic E-state index is 5.77. The van der Waals surface area contributed by atoms with Gasteiger partial charge in [0.25, 0.3) is 0 Å². The van der Waals surface area contributed by atoms with Crippen molar-refractivity contribution in [2.75, 3.05) is 0 Å². The van der Waals surface area contributed by atoms with Crippen molar-refractivity contribution in [3.05, 3.63) is 241 Å². The van der Waals surface area contributed by atoms with Crippen molar-refractivity contribution in [3.63, 3.8) is 0 Å². The van der Waals surface area contributed by atoms with E-state index in [0.29, 0.717) is 0 Å². The van der Waals surface area contributed by atoms with E-state index in [-0.39, 0.29) is 0 Å². The van der Waals surface area contributed by atoms with Gasteiger partial charge in [0.15, 0.2) is 0 Å². The number of rotatable bonds is 5. The van der Waals surface area contributed by atoms with E-state index in [0.717, 1.165) is 93.9 Å². The van der Waals surface area contributed by atoms with Gasteiger partial charge in [0.2, 0.25) is 0 Å². The summed E-state index contributed by atoms with van der Waals surface area (Å²) in [6.07, 6.45) is 3.80. The van der Waals surface area contributed by atoms with E-state index in [2.05, 4.69) is 194 Å². The predicted octanol–water partition coefficient (Wildman–Crippen LogP) is 14.4. The molecule has 0 saturated carbocycles. The number of fused-ring (bicyclic) bond motifs is 10. The molecule has 0 atom stereocenters. The lowest BCUT2D eigenvalue weighted by molar-refractivity contribution is 0.769. The Kier molecular flexibility index (Phi) is 7.79. The zero-order valence-corrected chi connectivity index (χ0v) is 34.1. The smallest absolute Gasteiger partial charge is 0.0972 e. The van der Waals surface area contributed by atoms with Gasteiger partial charge >= 0.3 is 0 Å². The van der Waals surface area contributed by atoms with E-state index in [1.807, 2.05) is 24.5 Å². The minimum atomic E-state index is -0.709. The lowest BCUT2D eigenvalue weighted by atomic mass is 9.67. The second-order valence-electron chi connectivity index (χ2n) is 16.5. The molecule has 0 saturated heterocycles. The van der Waals surface area contributed by atoms with E-state index >= 15 is 0 Å². The number of nitrogens with zero attached hydrogens (tertiary/aromatic N) is 4. The summed E-state index contributed by atoms with van der Waals surface area (Å²) < 4.78 is 0. The summed E-state index contributed by atoms with van der Waals surface area (Å²) in [7, 11) is 0. The van der Waals surface area contributed by atoms with Crippen molar-refractivity contribution in [3.8, 4) is 44.8 Å². The molecule has 4 heterocycles. The van der Waals surface area contributed by atoms with Gasteiger partial charge in [-0.2, -0.15) is 0 Å². The van der Waals surface area contributed by atoms with Crippen LogP contribution in [0.5, 0.6) is 0 Å². The molecule has 0 unspecified atom stereocenters. The Labute approximate surface area is 363 Å². The van der Waals surface area contributed by atoms with Crippen molar-refractivity contribution in [2.24, 2.45) is 0 Å². The standard InChI is InChI=1S/C59H36N4/c1-3-16-44(17-4-1)59(45-18-5-2-6-19-45)50-36-49(42-28-23-37-13-7-8-15-41(37)33-42)46-20-11-31-60-56(46)54(50)58-51(59)35-43-34-48(47-21-12-32-61-57(47)55(43)63-58)38-24-26-40(27-25-38)53-30-29-39-14-9-10-22-52(39)62-53/h1-36H. The largest absolute Gasteiger partial charge is 0.256 e. The molecule has 0 bridgehead atoms. The molecule has 0 aliphatic heterocycles. The first-order valence-electron chi connectivity index (χ1n) is 21.4. The molecule has 1 aliphatic carbocycles. The van der Waals surface area contributed by atoms with Gasteiger partial charge in [0, 0.05) is 45.1 Å². The van der Waals surface area contributed by atoms with Gasteiger partial charge in [-0.3, -0.25) is 9.97 Å². The first-order valence-corrected chi connectivity index (χ1v) is 21.4. The van der Waals surface area contributed by atoms with E-state index in [4.69, 9.17) is 19.9 Å². The summed E-state index contributed by atoms with van der Waals surface area (Å²) in [5.41, 5.74) is 16.1. The van der Waals surface area contributed by atoms with Gasteiger partial charge in [-0.25, -0.2) is 9.97 Å². The Hall–Kier alpha value is -8.34. The zero-order chi connectivity index (χ0) is 41.5. The zero-order valence-electron chi connectivity index (χ0n) is 34.1. The topological polar surface area (TPSA) is 51.6 Å². The fraction of sp³-hybridized carbons (Fsp3) is 0.0169. The predicted molar refractivity (Wildman–Crippen MR) is 259 cm³/mol. The molecular formula is C59H36N4. The average molecular weight is 801 g/mol. The molecule has 1 aliphatic rings. The maximum atomic E-state index is 5.77. The van der Waals surface area contributed by atoms with Crippen LogP contribution in [0.4, 0.5) is 0 Å². The van der Waals surface area contributed by atoms with Crippen LogP contribution in [-0.4, -0.2) is 19.9 Å². The molecular weight excluding hydrogens is 765 g/mol. The summed E-state index contributed by atoms with van der Waals surface area (Å²) in [5, 5.41) is 6.74. The van der Waals surface area contributed by atoms with Crippen molar-refractivity contribution in [2.45, 2.75) is 5.41 Å². The highest BCUT2D eigenvalue weighted by molar-refractivity contribution is 6.14. The second kappa shape index (κ2) is 13.8. The number of hydrogen-bond acceptors (Lipinski definition) is 4. The highest BCUT2D eigenvalue weighted by Crippen LogP contribution is 2.59. The number of benzene rings is 8. The van der Waals surface area contributed by atoms with Gasteiger partial charge in [-0.1, -0.05) is 158 Å². The molecule has 292 valence electrons. The van der Waals surface area contributed by atoms with Crippen LogP contribution in [0.15, 0.2) is 219 Å². The first-order chi connectivity index (χ1) is 31.2. The Morgan fingerprint density at radius 1 is 0.349 bits per heavy atom. The molecule has 0 radical (unpaired) electrons. The van der Waals surface area contributed by atoms with Gasteiger partial charge in [-0.05, 0) is 104 Å². The van der Waals surface area contributed by atoms with Crippen LogP contribution in [-0.2, 0) is 5.41 Å². The molecule has 0 spiro atoms. The molecule has 4 aromatic heterocycles. The van der Waals surface area contributed by atoms with E-state index < -0.39 is 5.41 Å². The molecule has 12 aromatic rings. The van der Waals surface area contributed by atoms with Crippen LogP contribution in [0.2, 0.25) is 0 Å². The quantitative estimate of drug-likeness (QED) is 0.163. The molecule has 0 amide bonds. The minimum Gasteiger partial charge on any atom is -0.256 e. The number of hydrogen-bond donors (Lipinski definition) is 0. The normalized spacial score (nSPS) is 12.9. The monoisotopic (exact) mass is 800 g/mol. The summed E-state index contributed by atoms with van der Waals surface area (Å²) in [4.78, 5) is 21.1. The van der Waals surface area contributed by atoms with Gasteiger partial charge in [-0.15, -0.1) is 0 Å². The first kappa shape index (κ1) is 35.4. The van der Waals surface area contributed by atoms with Crippen LogP contribution in [0.3, 0.4) is 0 Å². The molecule has 4 nitrogen and oxygen atoms in total. The summed E-state index contributed by atoms with van der Waals surface area (Å²) in [6.45, 7) is 0. The minimum absolute atomic E-state index is 0.709. The highest BCUT2D eigenvalue weighted by Gasteiger charge is 2.48. The van der Waals surface area contributed by atoms with Crippen molar-refractivity contribution in [1.29, 1.82) is 0 Å². The van der Waals surface area contributed by atoms with Crippen LogP contribution in [0, 0.1) is 0 Å². The van der Waals surface area contributed by atoms with Crippen molar-refractivity contribution < 1.29 is 0 Å². The van der Waals surface area contributed by atoms with Crippen molar-refractivity contribution in [1.82, 2.24) is 19.9 Å². The fourth-order valence-electron chi connectivity index (χ4n) is 10.3. The maximum Gasteiger partial charge on any atom is 0.0972 e. The lowest BCUT2D eigenvalue weighted by Gasteiger charge is -2.34. The third kappa shape index (κ3) is 5.35. The average Bonchev–Trinajstić information content (AvgIpc) is 3.65. The van der Waals surface area contributed by atoms with Crippen molar-refractivity contribution >= 4 is 54.4 Å². The fourth-order valence-corrected chi connectivity index (χ4v) is 10.3. The van der Waals surface area contributed by atoms with Crippen LogP contribution in [0.1, 0.15) is 22.3 Å². The van der Waals surface area contributed by atoms with Crippen LogP contribution < -0.4 is 0 Å². The molecule has 63 heavy (non-hydrogen) atoms. The van der Waals surface area contributed by atoms with E-state index in [1.54, 1.807) is 0 Å². The number of para-hydroxylation sites is 1. The SMILES string of the molecule is c1ccc(C2(c3ccccc3)c3cc4cc(-c5ccc(-c6ccc7ccccc7n6)cc5)c5cccnc5c4nc3-c3c2cc(-c2ccc4ccccc4c2)c2cccnc32)cc1. The molecule has 0 N–H and O–H groups in total. The Morgan fingerprint density at radius 3 is 1.71 bits per heavy atom. The van der Waals surface area contributed by atoms with E-state index in [1.165, 1.54) is 27.5 Å². The van der Waals surface area contributed by atoms with Gasteiger partial charge < -0.3 is 0 Å². The van der Waals surface area contributed by atoms with Gasteiger partial charge in [0.05, 0.1) is 38.9 Å². The van der Waals surface area contributed by atoms with E-state index in [9.17, 15) is 0 Å². The Morgan fingerprint density at radius 2 is 0.952 bits per heavy atom. The lowest BCUT2D eigenvalue weighted by Crippen LogP contribution is -2.28. The van der Waals surface area contributed by atoms with Crippen LogP contribution >= 0.6 is 0 Å². The third-order valence-electron chi connectivity index (χ3n) is 13.2. The number of pyridine rings is 4. The summed E-state index contributed by atoms with van der Waals surface area (Å²) in [6, 6.07) is 74.2. The molecule has 4 heteroatoms. The molecule has 13 rings (SSSR count). The van der Waals surface area contributed by atoms with Crippen LogP contribution in [0.25, 0.3) is 99.2 Å². The molecule has 0 fully saturated rings. The summed E-state index contributed by atoms with van der Waals surface area (Å²) >= 11 is 0. The third-order valence-corrected chi connectivity index (χ3v) is 13.2. The molecule has 8 aromatic carbocycles. The number of aromatic nitrogens is 4. The van der Waals surface area contributed by atoms with Gasteiger partial charge in [0.1, 0.15) is 0 Å².